The second-order valence-electron chi connectivity index (χ2n) is 5.01. The Morgan fingerprint density at radius 3 is 2.71 bits per heavy atom. The number of amides is 1. The van der Waals surface area contributed by atoms with E-state index in [0.717, 1.165) is 10.0 Å². The number of nitrogens with one attached hydrogen (secondary N) is 1. The quantitative estimate of drug-likeness (QED) is 0.719. The van der Waals surface area contributed by atoms with Gasteiger partial charge in [-0.15, -0.1) is 0 Å². The van der Waals surface area contributed by atoms with Crippen LogP contribution in [-0.2, 0) is 4.79 Å². The molecule has 1 N–H and O–H groups in total. The maximum absolute atomic E-state index is 11.9. The molecule has 3 aromatic rings. The molecule has 2 aromatic carbocycles. The number of carbonyl (C=O) groups is 1. The number of hydrogen-bond donors (Lipinski definition) is 1. The summed E-state index contributed by atoms with van der Waals surface area (Å²) in [6.45, 7) is 1.66. The molecule has 3 rings (SSSR count). The number of carbonyl (C=O) groups excluding carboxylic acids is 1. The number of rotatable bonds is 5. The molecule has 0 fully saturated rings. The molecule has 24 heavy (non-hydrogen) atoms. The fraction of sp³-hybridized carbons (Fsp3) is 0.118. The number of hydrogen-bond acceptors (Lipinski definition) is 5. The van der Waals surface area contributed by atoms with Crippen LogP contribution in [0.3, 0.4) is 0 Å². The number of halogens is 1. The molecule has 0 aliphatic rings. The third-order valence-corrected chi connectivity index (χ3v) is 3.61. The lowest BCUT2D eigenvalue weighted by molar-refractivity contribution is -0.118. The van der Waals surface area contributed by atoms with Crippen molar-refractivity contribution in [1.82, 2.24) is 10.1 Å². The fourth-order valence-corrected chi connectivity index (χ4v) is 2.43. The summed E-state index contributed by atoms with van der Waals surface area (Å²) in [7, 11) is 0. The monoisotopic (exact) mass is 387 g/mol. The van der Waals surface area contributed by atoms with E-state index < -0.39 is 0 Å². The summed E-state index contributed by atoms with van der Waals surface area (Å²) in [6, 6.07) is 14.5. The van der Waals surface area contributed by atoms with E-state index in [9.17, 15) is 4.79 Å². The highest BCUT2D eigenvalue weighted by molar-refractivity contribution is 9.10. The molecular weight excluding hydrogens is 374 g/mol. The zero-order valence-corrected chi connectivity index (χ0v) is 14.4. The number of benzene rings is 2. The van der Waals surface area contributed by atoms with Crippen molar-refractivity contribution in [2.24, 2.45) is 0 Å². The number of anilines is 1. The molecule has 1 aromatic heterocycles. The van der Waals surface area contributed by atoms with Gasteiger partial charge in [-0.1, -0.05) is 27.2 Å². The first kappa shape index (κ1) is 16.2. The first-order chi connectivity index (χ1) is 11.6. The first-order valence-corrected chi connectivity index (χ1v) is 7.98. The SMILES string of the molecule is Cc1nc(-c2ccc(OCC(=O)Nc3cccc(Br)c3)cc2)no1. The second kappa shape index (κ2) is 7.27. The molecule has 0 aliphatic heterocycles. The third-order valence-electron chi connectivity index (χ3n) is 3.12. The molecule has 0 bridgehead atoms. The highest BCUT2D eigenvalue weighted by Gasteiger charge is 2.07. The fourth-order valence-electron chi connectivity index (χ4n) is 2.03. The van der Waals surface area contributed by atoms with Crippen molar-refractivity contribution in [2.75, 3.05) is 11.9 Å². The second-order valence-corrected chi connectivity index (χ2v) is 5.92. The zero-order chi connectivity index (χ0) is 16.9. The summed E-state index contributed by atoms with van der Waals surface area (Å²) >= 11 is 3.36. The highest BCUT2D eigenvalue weighted by atomic mass is 79.9. The van der Waals surface area contributed by atoms with Gasteiger partial charge in [0.05, 0.1) is 0 Å². The third kappa shape index (κ3) is 4.20. The summed E-state index contributed by atoms with van der Waals surface area (Å²) in [6.07, 6.45) is 0. The van der Waals surface area contributed by atoms with Gasteiger partial charge in [0.25, 0.3) is 5.91 Å². The normalized spacial score (nSPS) is 10.4. The minimum absolute atomic E-state index is 0.0762. The Hall–Kier alpha value is -2.67. The van der Waals surface area contributed by atoms with Crippen LogP contribution in [0.25, 0.3) is 11.4 Å². The van der Waals surface area contributed by atoms with Gasteiger partial charge in [-0.3, -0.25) is 4.79 Å². The van der Waals surface area contributed by atoms with Crippen molar-refractivity contribution in [3.05, 3.63) is 58.9 Å². The molecule has 0 radical (unpaired) electrons. The van der Waals surface area contributed by atoms with E-state index in [2.05, 4.69) is 31.4 Å². The predicted octanol–water partition coefficient (Wildman–Crippen LogP) is 3.83. The lowest BCUT2D eigenvalue weighted by atomic mass is 10.2. The van der Waals surface area contributed by atoms with Gasteiger partial charge >= 0.3 is 0 Å². The van der Waals surface area contributed by atoms with Gasteiger partial charge in [0.15, 0.2) is 6.61 Å². The Labute approximate surface area is 147 Å². The van der Waals surface area contributed by atoms with Gasteiger partial charge in [0.2, 0.25) is 11.7 Å². The van der Waals surface area contributed by atoms with Crippen LogP contribution >= 0.6 is 15.9 Å². The zero-order valence-electron chi connectivity index (χ0n) is 12.8. The van der Waals surface area contributed by atoms with Crippen molar-refractivity contribution >= 4 is 27.5 Å². The van der Waals surface area contributed by atoms with Crippen LogP contribution in [0, 0.1) is 6.92 Å². The Kier molecular flexibility index (Phi) is 4.90. The first-order valence-electron chi connectivity index (χ1n) is 7.19. The molecule has 0 saturated carbocycles. The van der Waals surface area contributed by atoms with E-state index in [1.54, 1.807) is 19.1 Å². The van der Waals surface area contributed by atoms with Crippen LogP contribution in [0.5, 0.6) is 5.75 Å². The molecule has 7 heteroatoms. The summed E-state index contributed by atoms with van der Waals surface area (Å²) in [5.41, 5.74) is 1.53. The molecule has 0 saturated heterocycles. The average Bonchev–Trinajstić information content (AvgIpc) is 3.00. The van der Waals surface area contributed by atoms with Crippen LogP contribution in [0.15, 0.2) is 57.5 Å². The van der Waals surface area contributed by atoms with E-state index >= 15 is 0 Å². The smallest absolute Gasteiger partial charge is 0.262 e. The summed E-state index contributed by atoms with van der Waals surface area (Å²) in [5, 5.41) is 6.62. The van der Waals surface area contributed by atoms with E-state index in [1.165, 1.54) is 0 Å². The topological polar surface area (TPSA) is 77.2 Å². The van der Waals surface area contributed by atoms with Crippen LogP contribution < -0.4 is 10.1 Å². The van der Waals surface area contributed by atoms with E-state index in [0.29, 0.717) is 23.2 Å². The van der Waals surface area contributed by atoms with Crippen LogP contribution in [0.4, 0.5) is 5.69 Å². The molecule has 0 aliphatic carbocycles. The summed E-state index contributed by atoms with van der Waals surface area (Å²) in [5.74, 6) is 1.38. The van der Waals surface area contributed by atoms with Gasteiger partial charge in [-0.2, -0.15) is 4.98 Å². The Bertz CT molecular complexity index is 846. The van der Waals surface area contributed by atoms with Crippen molar-refractivity contribution in [3.63, 3.8) is 0 Å². The van der Waals surface area contributed by atoms with E-state index in [1.807, 2.05) is 36.4 Å². The van der Waals surface area contributed by atoms with Gasteiger partial charge in [0, 0.05) is 22.6 Å². The minimum atomic E-state index is -0.231. The van der Waals surface area contributed by atoms with Crippen molar-refractivity contribution in [2.45, 2.75) is 6.92 Å². The Morgan fingerprint density at radius 2 is 2.04 bits per heavy atom. The molecular formula is C17H14BrN3O3. The minimum Gasteiger partial charge on any atom is -0.484 e. The van der Waals surface area contributed by atoms with Gasteiger partial charge in [-0.05, 0) is 42.5 Å². The van der Waals surface area contributed by atoms with Crippen molar-refractivity contribution in [3.8, 4) is 17.1 Å². The molecule has 1 amide bonds. The lowest BCUT2D eigenvalue weighted by Gasteiger charge is -2.08. The number of aryl methyl sites for hydroxylation is 1. The maximum Gasteiger partial charge on any atom is 0.262 e. The van der Waals surface area contributed by atoms with E-state index in [4.69, 9.17) is 9.26 Å². The maximum atomic E-state index is 11.9. The average molecular weight is 388 g/mol. The summed E-state index contributed by atoms with van der Waals surface area (Å²) in [4.78, 5) is 16.1. The number of nitrogens with zero attached hydrogens (tertiary/aromatic N) is 2. The van der Waals surface area contributed by atoms with E-state index in [-0.39, 0.29) is 12.5 Å². The van der Waals surface area contributed by atoms with Gasteiger partial charge < -0.3 is 14.6 Å². The Morgan fingerprint density at radius 1 is 1.25 bits per heavy atom. The molecule has 122 valence electrons. The van der Waals surface area contributed by atoms with Crippen molar-refractivity contribution in [1.29, 1.82) is 0 Å². The summed E-state index contributed by atoms with van der Waals surface area (Å²) < 4.78 is 11.3. The standard InChI is InChI=1S/C17H14BrN3O3/c1-11-19-17(21-24-11)12-5-7-15(8-6-12)23-10-16(22)20-14-4-2-3-13(18)9-14/h2-9H,10H2,1H3,(H,20,22). The molecule has 0 unspecified atom stereocenters. The lowest BCUT2D eigenvalue weighted by Crippen LogP contribution is -2.20. The molecule has 6 nitrogen and oxygen atoms in total. The number of ether oxygens (including phenoxy) is 1. The Balaban J connectivity index is 1.55. The van der Waals surface area contributed by atoms with Crippen LogP contribution in [-0.4, -0.2) is 22.7 Å². The molecule has 0 spiro atoms. The van der Waals surface area contributed by atoms with Gasteiger partial charge in [-0.25, -0.2) is 0 Å². The predicted molar refractivity (Wildman–Crippen MR) is 92.7 cm³/mol. The van der Waals surface area contributed by atoms with Crippen LogP contribution in [0.2, 0.25) is 0 Å². The molecule has 1 heterocycles. The highest BCUT2D eigenvalue weighted by Crippen LogP contribution is 2.20. The largest absolute Gasteiger partial charge is 0.484 e. The van der Waals surface area contributed by atoms with Crippen LogP contribution in [0.1, 0.15) is 5.89 Å². The van der Waals surface area contributed by atoms with Gasteiger partial charge in [0.1, 0.15) is 5.75 Å². The molecule has 0 atom stereocenters. The number of aromatic nitrogens is 2. The van der Waals surface area contributed by atoms with Crippen molar-refractivity contribution < 1.29 is 14.1 Å².